The molecule has 2 bridgehead atoms. The van der Waals surface area contributed by atoms with Crippen molar-refractivity contribution < 1.29 is 23.8 Å². The minimum atomic E-state index is -0.971. The van der Waals surface area contributed by atoms with Gasteiger partial charge in [0.15, 0.2) is 0 Å². The van der Waals surface area contributed by atoms with Gasteiger partial charge in [0.1, 0.15) is 11.0 Å². The molecule has 1 fully saturated rings. The molecule has 0 radical (unpaired) electrons. The van der Waals surface area contributed by atoms with Crippen molar-refractivity contribution in [3.8, 4) is 0 Å². The average Bonchev–Trinajstić information content (AvgIpc) is 2.47. The molecule has 0 heterocycles. The zero-order chi connectivity index (χ0) is 14.1. The van der Waals surface area contributed by atoms with Crippen LogP contribution in [0.25, 0.3) is 0 Å². The summed E-state index contributed by atoms with van der Waals surface area (Å²) < 4.78 is 15.4. The lowest BCUT2D eigenvalue weighted by Crippen LogP contribution is -2.60. The Labute approximate surface area is 112 Å². The van der Waals surface area contributed by atoms with E-state index in [4.69, 9.17) is 14.2 Å². The molecule has 0 saturated heterocycles. The van der Waals surface area contributed by atoms with Gasteiger partial charge in [-0.05, 0) is 25.2 Å². The summed E-state index contributed by atoms with van der Waals surface area (Å²) in [6, 6.07) is 0. The molecular formula is C14H20O5. The molecule has 3 rings (SSSR count). The Hall–Kier alpha value is -1.36. The van der Waals surface area contributed by atoms with Crippen LogP contribution in [0.4, 0.5) is 0 Å². The van der Waals surface area contributed by atoms with Gasteiger partial charge in [0.2, 0.25) is 0 Å². The summed E-state index contributed by atoms with van der Waals surface area (Å²) in [6.07, 6.45) is 6.24. The van der Waals surface area contributed by atoms with Gasteiger partial charge in [-0.1, -0.05) is 12.2 Å². The van der Waals surface area contributed by atoms with Crippen molar-refractivity contribution >= 4 is 11.9 Å². The number of esters is 2. The Morgan fingerprint density at radius 1 is 1.26 bits per heavy atom. The van der Waals surface area contributed by atoms with Crippen molar-refractivity contribution in [3.05, 3.63) is 12.2 Å². The van der Waals surface area contributed by atoms with Crippen molar-refractivity contribution in [2.45, 2.75) is 31.3 Å². The molecule has 3 aliphatic carbocycles. The van der Waals surface area contributed by atoms with Crippen LogP contribution in [0.1, 0.15) is 25.7 Å². The Balaban J connectivity index is 2.45. The van der Waals surface area contributed by atoms with Crippen LogP contribution in [0.15, 0.2) is 12.2 Å². The minimum Gasteiger partial charge on any atom is -0.469 e. The Morgan fingerprint density at radius 3 is 2.47 bits per heavy atom. The molecule has 19 heavy (non-hydrogen) atoms. The van der Waals surface area contributed by atoms with Gasteiger partial charge in [-0.25, -0.2) is 0 Å². The van der Waals surface area contributed by atoms with E-state index in [-0.39, 0.29) is 6.42 Å². The van der Waals surface area contributed by atoms with Gasteiger partial charge in [0.05, 0.1) is 20.6 Å². The number of methoxy groups -OCH3 is 3. The number of carbonyl (C=O) groups is 2. The van der Waals surface area contributed by atoms with Crippen LogP contribution in [-0.2, 0) is 23.8 Å². The lowest BCUT2D eigenvalue weighted by molar-refractivity contribution is -0.189. The molecule has 0 amide bonds. The molecule has 0 unspecified atom stereocenters. The summed E-state index contributed by atoms with van der Waals surface area (Å²) in [5.41, 5.74) is -1.73. The first-order valence-corrected chi connectivity index (χ1v) is 6.43. The van der Waals surface area contributed by atoms with Gasteiger partial charge in [-0.2, -0.15) is 0 Å². The highest BCUT2D eigenvalue weighted by Crippen LogP contribution is 2.56. The Morgan fingerprint density at radius 2 is 2.00 bits per heavy atom. The maximum Gasteiger partial charge on any atom is 0.315 e. The second kappa shape index (κ2) is 4.96. The standard InChI is InChI=1S/C14H20O5/c1-17-11(15)9-13(12(16)18-2)8-10-4-6-14(13,19-3)7-5-10/h4,6,10H,5,7-9H2,1-3H3/t10-,13+,14-/m1/s1. The average molecular weight is 268 g/mol. The van der Waals surface area contributed by atoms with E-state index in [1.165, 1.54) is 14.2 Å². The highest BCUT2D eigenvalue weighted by molar-refractivity contribution is 5.85. The molecule has 0 aromatic rings. The second-order valence-corrected chi connectivity index (χ2v) is 5.28. The normalized spacial score (nSPS) is 36.1. The van der Waals surface area contributed by atoms with Gasteiger partial charge in [-0.15, -0.1) is 0 Å². The molecule has 3 atom stereocenters. The smallest absolute Gasteiger partial charge is 0.315 e. The van der Waals surface area contributed by atoms with Crippen LogP contribution < -0.4 is 0 Å². The van der Waals surface area contributed by atoms with E-state index in [0.717, 1.165) is 12.8 Å². The van der Waals surface area contributed by atoms with E-state index >= 15 is 0 Å². The van der Waals surface area contributed by atoms with Gasteiger partial charge < -0.3 is 14.2 Å². The molecule has 0 aliphatic heterocycles. The van der Waals surface area contributed by atoms with Crippen molar-refractivity contribution in [3.63, 3.8) is 0 Å². The molecule has 0 spiro atoms. The first kappa shape index (κ1) is 14.1. The van der Waals surface area contributed by atoms with Crippen LogP contribution in [0.2, 0.25) is 0 Å². The molecule has 3 aliphatic rings. The van der Waals surface area contributed by atoms with E-state index < -0.39 is 23.0 Å². The number of hydrogen-bond donors (Lipinski definition) is 0. The van der Waals surface area contributed by atoms with Crippen molar-refractivity contribution in [1.82, 2.24) is 0 Å². The number of allylic oxidation sites excluding steroid dienone is 1. The van der Waals surface area contributed by atoms with E-state index in [0.29, 0.717) is 12.3 Å². The zero-order valence-corrected chi connectivity index (χ0v) is 11.6. The lowest BCUT2D eigenvalue weighted by Gasteiger charge is -2.53. The van der Waals surface area contributed by atoms with Crippen LogP contribution >= 0.6 is 0 Å². The highest BCUT2D eigenvalue weighted by atomic mass is 16.5. The molecule has 0 aromatic carbocycles. The maximum absolute atomic E-state index is 12.4. The summed E-state index contributed by atoms with van der Waals surface area (Å²) in [5.74, 6) is -0.516. The van der Waals surface area contributed by atoms with Crippen molar-refractivity contribution in [1.29, 1.82) is 0 Å². The molecule has 0 N–H and O–H groups in total. The predicted octanol–water partition coefficient (Wildman–Crippen LogP) is 1.46. The summed E-state index contributed by atoms with van der Waals surface area (Å²) in [6.45, 7) is 0. The largest absolute Gasteiger partial charge is 0.469 e. The van der Waals surface area contributed by atoms with E-state index in [9.17, 15) is 9.59 Å². The van der Waals surface area contributed by atoms with Crippen LogP contribution in [0.3, 0.4) is 0 Å². The maximum atomic E-state index is 12.4. The number of ether oxygens (including phenoxy) is 3. The third-order valence-electron chi connectivity index (χ3n) is 4.56. The van der Waals surface area contributed by atoms with Gasteiger partial charge in [0, 0.05) is 7.11 Å². The van der Waals surface area contributed by atoms with Gasteiger partial charge >= 0.3 is 11.9 Å². The number of fused-ring (bicyclic) bond motifs is 2. The first-order chi connectivity index (χ1) is 9.03. The third kappa shape index (κ3) is 1.96. The first-order valence-electron chi connectivity index (χ1n) is 6.43. The topological polar surface area (TPSA) is 61.8 Å². The quantitative estimate of drug-likeness (QED) is 0.570. The minimum absolute atomic E-state index is 0.00907. The van der Waals surface area contributed by atoms with Gasteiger partial charge in [-0.3, -0.25) is 9.59 Å². The molecule has 5 heteroatoms. The van der Waals surface area contributed by atoms with Crippen molar-refractivity contribution in [2.24, 2.45) is 11.3 Å². The summed E-state index contributed by atoms with van der Waals surface area (Å²) in [5, 5.41) is 0. The molecule has 0 aromatic heterocycles. The summed E-state index contributed by atoms with van der Waals surface area (Å²) in [4.78, 5) is 24.1. The number of hydrogen-bond acceptors (Lipinski definition) is 5. The van der Waals surface area contributed by atoms with Crippen LogP contribution in [-0.4, -0.2) is 38.9 Å². The predicted molar refractivity (Wildman–Crippen MR) is 67.3 cm³/mol. The zero-order valence-electron chi connectivity index (χ0n) is 11.6. The van der Waals surface area contributed by atoms with Gasteiger partial charge in [0.25, 0.3) is 0 Å². The SMILES string of the molecule is COC(=O)C[C@]1(C(=O)OC)C[C@@H]2C=C[C@@]1(OC)CC2. The molecule has 5 nitrogen and oxygen atoms in total. The molecule has 1 saturated carbocycles. The Bertz CT molecular complexity index is 416. The Kier molecular flexibility index (Phi) is 3.67. The fourth-order valence-electron chi connectivity index (χ4n) is 3.49. The fraction of sp³-hybridized carbons (Fsp3) is 0.714. The second-order valence-electron chi connectivity index (χ2n) is 5.28. The number of carbonyl (C=O) groups excluding carboxylic acids is 2. The molecular weight excluding hydrogens is 248 g/mol. The van der Waals surface area contributed by atoms with E-state index in [1.807, 2.05) is 6.08 Å². The highest BCUT2D eigenvalue weighted by Gasteiger charge is 2.62. The summed E-state index contributed by atoms with van der Waals surface area (Å²) in [7, 11) is 4.24. The fourth-order valence-corrected chi connectivity index (χ4v) is 3.49. The van der Waals surface area contributed by atoms with Crippen LogP contribution in [0.5, 0.6) is 0 Å². The third-order valence-corrected chi connectivity index (χ3v) is 4.56. The molecule has 106 valence electrons. The lowest BCUT2D eigenvalue weighted by atomic mass is 9.55. The number of rotatable bonds is 4. The van der Waals surface area contributed by atoms with Crippen LogP contribution in [0, 0.1) is 11.3 Å². The van der Waals surface area contributed by atoms with E-state index in [1.54, 1.807) is 7.11 Å². The van der Waals surface area contributed by atoms with E-state index in [2.05, 4.69) is 6.08 Å². The summed E-state index contributed by atoms with van der Waals surface area (Å²) >= 11 is 0. The van der Waals surface area contributed by atoms with Crippen molar-refractivity contribution in [2.75, 3.05) is 21.3 Å². The monoisotopic (exact) mass is 268 g/mol.